The molecule has 1 N–H and O–H groups in total. The van der Waals surface area contributed by atoms with E-state index in [1.165, 1.54) is 7.11 Å². The van der Waals surface area contributed by atoms with Crippen LogP contribution in [0.4, 0.5) is 4.79 Å². The summed E-state index contributed by atoms with van der Waals surface area (Å²) in [5.41, 5.74) is 1.98. The van der Waals surface area contributed by atoms with Gasteiger partial charge in [-0.3, -0.25) is 14.5 Å². The van der Waals surface area contributed by atoms with E-state index in [1.807, 2.05) is 60.7 Å². The zero-order valence-corrected chi connectivity index (χ0v) is 18.2. The number of carbonyl (C=O) groups is 3. The first kappa shape index (κ1) is 23.3. The van der Waals surface area contributed by atoms with Crippen molar-refractivity contribution in [2.75, 3.05) is 33.3 Å². The molecule has 1 aliphatic heterocycles. The second-order valence-corrected chi connectivity index (χ2v) is 7.63. The number of nitrogens with zero attached hydrogens (tertiary/aromatic N) is 2. The Hall–Kier alpha value is -3.39. The van der Waals surface area contributed by atoms with Crippen LogP contribution in [0.15, 0.2) is 60.7 Å². The molecule has 0 radical (unpaired) electrons. The van der Waals surface area contributed by atoms with Gasteiger partial charge in [0.15, 0.2) is 0 Å². The zero-order valence-electron chi connectivity index (χ0n) is 18.2. The SMILES string of the molecule is COC(=O)CCN1CCN(Cc2ccccc2)C[C@H](NC(=O)OCc2ccccc2)C1=O. The molecule has 1 aliphatic rings. The molecule has 1 saturated heterocycles. The largest absolute Gasteiger partial charge is 0.469 e. The molecule has 8 heteroatoms. The van der Waals surface area contributed by atoms with E-state index < -0.39 is 12.1 Å². The Morgan fingerprint density at radius 1 is 1.00 bits per heavy atom. The Bertz CT molecular complexity index is 891. The minimum absolute atomic E-state index is 0.103. The lowest BCUT2D eigenvalue weighted by Crippen LogP contribution is -2.51. The highest BCUT2D eigenvalue weighted by Crippen LogP contribution is 2.12. The average molecular weight is 440 g/mol. The number of methoxy groups -OCH3 is 1. The van der Waals surface area contributed by atoms with Crippen molar-refractivity contribution in [1.82, 2.24) is 15.1 Å². The molecule has 1 heterocycles. The van der Waals surface area contributed by atoms with E-state index in [9.17, 15) is 14.4 Å². The van der Waals surface area contributed by atoms with Crippen LogP contribution in [-0.2, 0) is 32.2 Å². The Morgan fingerprint density at radius 2 is 1.66 bits per heavy atom. The van der Waals surface area contributed by atoms with Crippen LogP contribution >= 0.6 is 0 Å². The lowest BCUT2D eigenvalue weighted by atomic mass is 10.2. The number of nitrogens with one attached hydrogen (secondary N) is 1. The van der Waals surface area contributed by atoms with Gasteiger partial charge in [0.05, 0.1) is 13.5 Å². The predicted octanol–water partition coefficient (Wildman–Crippen LogP) is 2.19. The van der Waals surface area contributed by atoms with Gasteiger partial charge in [-0.25, -0.2) is 4.79 Å². The summed E-state index contributed by atoms with van der Waals surface area (Å²) >= 11 is 0. The van der Waals surface area contributed by atoms with E-state index in [0.29, 0.717) is 26.2 Å². The van der Waals surface area contributed by atoms with Crippen LogP contribution in [0.25, 0.3) is 0 Å². The Balaban J connectivity index is 1.65. The molecular formula is C24H29N3O5. The number of esters is 1. The lowest BCUT2D eigenvalue weighted by Gasteiger charge is -2.24. The molecule has 2 amide bonds. The van der Waals surface area contributed by atoms with Gasteiger partial charge in [-0.2, -0.15) is 0 Å². The maximum absolute atomic E-state index is 13.1. The molecule has 0 aliphatic carbocycles. The molecule has 170 valence electrons. The molecule has 0 unspecified atom stereocenters. The number of hydrogen-bond acceptors (Lipinski definition) is 6. The standard InChI is InChI=1S/C24H29N3O5/c1-31-22(28)12-13-27-15-14-26(16-19-8-4-2-5-9-19)17-21(23(27)29)25-24(30)32-18-20-10-6-3-7-11-20/h2-11,21H,12-18H2,1H3,(H,25,30)/t21-/m0/s1. The molecule has 0 spiro atoms. The molecule has 2 aromatic rings. The summed E-state index contributed by atoms with van der Waals surface area (Å²) in [7, 11) is 1.32. The second kappa shape index (κ2) is 11.9. The van der Waals surface area contributed by atoms with E-state index in [-0.39, 0.29) is 31.4 Å². The van der Waals surface area contributed by atoms with Crippen LogP contribution in [0.2, 0.25) is 0 Å². The summed E-state index contributed by atoms with van der Waals surface area (Å²) in [5, 5.41) is 2.72. The molecule has 3 rings (SSSR count). The number of benzene rings is 2. The van der Waals surface area contributed by atoms with Crippen LogP contribution < -0.4 is 5.32 Å². The maximum atomic E-state index is 13.1. The number of carbonyl (C=O) groups excluding carboxylic acids is 3. The van der Waals surface area contributed by atoms with Gasteiger partial charge in [-0.05, 0) is 11.1 Å². The molecule has 2 aromatic carbocycles. The second-order valence-electron chi connectivity index (χ2n) is 7.63. The maximum Gasteiger partial charge on any atom is 0.408 e. The fourth-order valence-corrected chi connectivity index (χ4v) is 3.57. The van der Waals surface area contributed by atoms with Crippen LogP contribution in [0, 0.1) is 0 Å². The van der Waals surface area contributed by atoms with Crippen LogP contribution in [0.3, 0.4) is 0 Å². The summed E-state index contributed by atoms with van der Waals surface area (Å²) in [5.74, 6) is -0.615. The number of amides is 2. The molecule has 1 fully saturated rings. The zero-order chi connectivity index (χ0) is 22.8. The summed E-state index contributed by atoms with van der Waals surface area (Å²) < 4.78 is 10.0. The minimum Gasteiger partial charge on any atom is -0.469 e. The van der Waals surface area contributed by atoms with Crippen LogP contribution in [0.5, 0.6) is 0 Å². The summed E-state index contributed by atoms with van der Waals surface area (Å²) in [6.45, 7) is 2.44. The number of rotatable bonds is 8. The van der Waals surface area contributed by atoms with Gasteiger partial charge in [-0.1, -0.05) is 60.7 Å². The molecule has 0 saturated carbocycles. The first-order valence-corrected chi connectivity index (χ1v) is 10.6. The molecule has 8 nitrogen and oxygen atoms in total. The third-order valence-corrected chi connectivity index (χ3v) is 5.30. The first-order chi connectivity index (χ1) is 15.5. The molecule has 32 heavy (non-hydrogen) atoms. The van der Waals surface area contributed by atoms with Crippen LogP contribution in [-0.4, -0.2) is 67.1 Å². The van der Waals surface area contributed by atoms with Crippen molar-refractivity contribution in [2.24, 2.45) is 0 Å². The van der Waals surface area contributed by atoms with Gasteiger partial charge in [0.25, 0.3) is 0 Å². The summed E-state index contributed by atoms with van der Waals surface area (Å²) in [4.78, 5) is 40.9. The van der Waals surface area contributed by atoms with Crippen molar-refractivity contribution in [3.8, 4) is 0 Å². The van der Waals surface area contributed by atoms with Crippen molar-refractivity contribution in [3.05, 3.63) is 71.8 Å². The van der Waals surface area contributed by atoms with Crippen molar-refractivity contribution < 1.29 is 23.9 Å². The van der Waals surface area contributed by atoms with Crippen molar-refractivity contribution in [3.63, 3.8) is 0 Å². The van der Waals surface area contributed by atoms with Crippen molar-refractivity contribution in [1.29, 1.82) is 0 Å². The predicted molar refractivity (Wildman–Crippen MR) is 118 cm³/mol. The summed E-state index contributed by atoms with van der Waals surface area (Å²) in [6.07, 6.45) is -0.548. The van der Waals surface area contributed by atoms with Gasteiger partial charge in [0.1, 0.15) is 12.6 Å². The highest BCUT2D eigenvalue weighted by molar-refractivity contribution is 5.86. The molecular weight excluding hydrogens is 410 g/mol. The molecule has 1 atom stereocenters. The number of ether oxygens (including phenoxy) is 2. The molecule has 0 aromatic heterocycles. The van der Waals surface area contributed by atoms with E-state index in [0.717, 1.165) is 11.1 Å². The van der Waals surface area contributed by atoms with Gasteiger partial charge >= 0.3 is 12.1 Å². The minimum atomic E-state index is -0.776. The van der Waals surface area contributed by atoms with Gasteiger partial charge in [0.2, 0.25) is 5.91 Å². The fraction of sp³-hybridized carbons (Fsp3) is 0.375. The van der Waals surface area contributed by atoms with Gasteiger partial charge in [-0.15, -0.1) is 0 Å². The third kappa shape index (κ3) is 7.09. The smallest absolute Gasteiger partial charge is 0.408 e. The molecule has 0 bridgehead atoms. The normalized spacial score (nSPS) is 16.8. The van der Waals surface area contributed by atoms with E-state index in [2.05, 4.69) is 10.2 Å². The highest BCUT2D eigenvalue weighted by Gasteiger charge is 2.32. The third-order valence-electron chi connectivity index (χ3n) is 5.30. The fourth-order valence-electron chi connectivity index (χ4n) is 3.57. The van der Waals surface area contributed by atoms with E-state index in [1.54, 1.807) is 4.90 Å². The number of alkyl carbamates (subject to hydrolysis) is 1. The highest BCUT2D eigenvalue weighted by atomic mass is 16.5. The monoisotopic (exact) mass is 439 g/mol. The van der Waals surface area contributed by atoms with Gasteiger partial charge < -0.3 is 19.7 Å². The summed E-state index contributed by atoms with van der Waals surface area (Å²) in [6, 6.07) is 18.5. The van der Waals surface area contributed by atoms with Crippen molar-refractivity contribution >= 4 is 18.0 Å². The van der Waals surface area contributed by atoms with Crippen molar-refractivity contribution in [2.45, 2.75) is 25.6 Å². The lowest BCUT2D eigenvalue weighted by molar-refractivity contribution is -0.141. The topological polar surface area (TPSA) is 88.2 Å². The van der Waals surface area contributed by atoms with E-state index >= 15 is 0 Å². The van der Waals surface area contributed by atoms with Crippen LogP contribution in [0.1, 0.15) is 17.5 Å². The van der Waals surface area contributed by atoms with Gasteiger partial charge in [0, 0.05) is 32.7 Å². The Labute approximate surface area is 188 Å². The average Bonchev–Trinajstić information content (AvgIpc) is 2.96. The Morgan fingerprint density at radius 3 is 2.31 bits per heavy atom. The van der Waals surface area contributed by atoms with E-state index in [4.69, 9.17) is 9.47 Å². The number of hydrogen-bond donors (Lipinski definition) is 1. The Kier molecular flexibility index (Phi) is 8.62. The first-order valence-electron chi connectivity index (χ1n) is 10.6. The quantitative estimate of drug-likeness (QED) is 0.635.